The fourth-order valence-electron chi connectivity index (χ4n) is 2.11. The summed E-state index contributed by atoms with van der Waals surface area (Å²) in [5.41, 5.74) is 2.25. The molecule has 116 valence electrons. The number of carbonyl (C=O) groups excluding carboxylic acids is 1. The molecule has 0 bridgehead atoms. The average molecular weight is 328 g/mol. The quantitative estimate of drug-likeness (QED) is 0.789. The summed E-state index contributed by atoms with van der Waals surface area (Å²) in [5.74, 6) is 0.925. The number of rotatable bonds is 4. The molecule has 2 aromatic heterocycles. The first-order valence-corrected chi connectivity index (χ1v) is 7.43. The van der Waals surface area contributed by atoms with Gasteiger partial charge in [0.05, 0.1) is 12.1 Å². The van der Waals surface area contributed by atoms with Gasteiger partial charge in [-0.05, 0) is 43.3 Å². The smallest absolute Gasteiger partial charge is 0.231 e. The van der Waals surface area contributed by atoms with E-state index in [9.17, 15) is 4.79 Å². The van der Waals surface area contributed by atoms with Crippen molar-refractivity contribution < 1.29 is 9.32 Å². The molecule has 0 spiro atoms. The average Bonchev–Trinajstić information content (AvgIpc) is 2.96. The summed E-state index contributed by atoms with van der Waals surface area (Å²) in [4.78, 5) is 16.3. The lowest BCUT2D eigenvalue weighted by atomic mass is 10.1. The molecule has 0 aliphatic carbocycles. The first kappa shape index (κ1) is 15.2. The summed E-state index contributed by atoms with van der Waals surface area (Å²) in [7, 11) is 0. The zero-order chi connectivity index (χ0) is 16.2. The number of nitrogens with zero attached hydrogens (tertiary/aromatic N) is 2. The lowest BCUT2D eigenvalue weighted by Gasteiger charge is -2.03. The van der Waals surface area contributed by atoms with Crippen molar-refractivity contribution in [2.45, 2.75) is 13.3 Å². The van der Waals surface area contributed by atoms with Gasteiger partial charge in [-0.15, -0.1) is 0 Å². The molecule has 3 rings (SSSR count). The van der Waals surface area contributed by atoms with Crippen molar-refractivity contribution in [3.63, 3.8) is 0 Å². The van der Waals surface area contributed by atoms with Crippen molar-refractivity contribution in [1.82, 2.24) is 10.1 Å². The summed E-state index contributed by atoms with van der Waals surface area (Å²) >= 11 is 5.86. The molecule has 1 amide bonds. The topological polar surface area (TPSA) is 68.0 Å². The third-order valence-corrected chi connectivity index (χ3v) is 3.44. The first-order chi connectivity index (χ1) is 11.1. The van der Waals surface area contributed by atoms with Crippen molar-refractivity contribution >= 4 is 23.3 Å². The normalized spacial score (nSPS) is 10.5. The SMILES string of the molecule is Cc1cccc(NC(=O)Cc2cc(-c3ccc(Cl)cc3)on2)n1. The van der Waals surface area contributed by atoms with Gasteiger partial charge in [-0.1, -0.05) is 22.8 Å². The van der Waals surface area contributed by atoms with Crippen LogP contribution in [0.3, 0.4) is 0 Å². The molecule has 3 aromatic rings. The Balaban J connectivity index is 1.66. The molecule has 6 heteroatoms. The van der Waals surface area contributed by atoms with Crippen molar-refractivity contribution in [2.24, 2.45) is 0 Å². The Hall–Kier alpha value is -2.66. The molecular weight excluding hydrogens is 314 g/mol. The lowest BCUT2D eigenvalue weighted by Crippen LogP contribution is -2.15. The number of pyridine rings is 1. The number of aromatic nitrogens is 2. The maximum atomic E-state index is 12.0. The molecule has 5 nitrogen and oxygen atoms in total. The Labute approximate surface area is 138 Å². The molecule has 0 radical (unpaired) electrons. The van der Waals surface area contributed by atoms with Gasteiger partial charge < -0.3 is 9.84 Å². The van der Waals surface area contributed by atoms with Crippen LogP contribution in [-0.2, 0) is 11.2 Å². The predicted octanol–water partition coefficient (Wildman–Crippen LogP) is 3.88. The van der Waals surface area contributed by atoms with Crippen LogP contribution in [0.4, 0.5) is 5.82 Å². The summed E-state index contributed by atoms with van der Waals surface area (Å²) in [6.07, 6.45) is 0.118. The predicted molar refractivity (Wildman–Crippen MR) is 88.3 cm³/mol. The maximum absolute atomic E-state index is 12.0. The second-order valence-electron chi connectivity index (χ2n) is 5.08. The number of amides is 1. The van der Waals surface area contributed by atoms with Crippen LogP contribution in [0.5, 0.6) is 0 Å². The number of aryl methyl sites for hydroxylation is 1. The van der Waals surface area contributed by atoms with E-state index >= 15 is 0 Å². The van der Waals surface area contributed by atoms with E-state index in [1.165, 1.54) is 0 Å². The number of halogens is 1. The Bertz CT molecular complexity index is 828. The van der Waals surface area contributed by atoms with Gasteiger partial charge in [0.2, 0.25) is 5.91 Å². The molecule has 0 aliphatic rings. The molecule has 0 atom stereocenters. The van der Waals surface area contributed by atoms with Crippen LogP contribution in [0.25, 0.3) is 11.3 Å². The van der Waals surface area contributed by atoms with Gasteiger partial charge in [0.1, 0.15) is 5.82 Å². The van der Waals surface area contributed by atoms with E-state index in [0.29, 0.717) is 22.3 Å². The van der Waals surface area contributed by atoms with Gasteiger partial charge in [0, 0.05) is 22.3 Å². The molecule has 0 saturated heterocycles. The van der Waals surface area contributed by atoms with Gasteiger partial charge in [-0.2, -0.15) is 0 Å². The fraction of sp³-hybridized carbons (Fsp3) is 0.118. The van der Waals surface area contributed by atoms with E-state index in [2.05, 4.69) is 15.5 Å². The Morgan fingerprint density at radius 1 is 1.22 bits per heavy atom. The van der Waals surface area contributed by atoms with E-state index in [0.717, 1.165) is 11.3 Å². The van der Waals surface area contributed by atoms with Gasteiger partial charge in [-0.25, -0.2) is 4.98 Å². The minimum atomic E-state index is -0.195. The number of hydrogen-bond donors (Lipinski definition) is 1. The second-order valence-corrected chi connectivity index (χ2v) is 5.51. The largest absolute Gasteiger partial charge is 0.356 e. The van der Waals surface area contributed by atoms with Crippen LogP contribution >= 0.6 is 11.6 Å². The minimum Gasteiger partial charge on any atom is -0.356 e. The zero-order valence-corrected chi connectivity index (χ0v) is 13.2. The minimum absolute atomic E-state index is 0.118. The highest BCUT2D eigenvalue weighted by Crippen LogP contribution is 2.22. The Morgan fingerprint density at radius 3 is 2.74 bits per heavy atom. The molecule has 0 saturated carbocycles. The van der Waals surface area contributed by atoms with Gasteiger partial charge in [0.15, 0.2) is 5.76 Å². The van der Waals surface area contributed by atoms with Gasteiger partial charge in [0.25, 0.3) is 0 Å². The lowest BCUT2D eigenvalue weighted by molar-refractivity contribution is -0.115. The molecule has 1 N–H and O–H groups in total. The highest BCUT2D eigenvalue weighted by atomic mass is 35.5. The van der Waals surface area contributed by atoms with Crippen LogP contribution in [0.15, 0.2) is 53.1 Å². The van der Waals surface area contributed by atoms with Crippen LogP contribution in [0.1, 0.15) is 11.4 Å². The highest BCUT2D eigenvalue weighted by molar-refractivity contribution is 6.30. The summed E-state index contributed by atoms with van der Waals surface area (Å²) in [6, 6.07) is 14.4. The molecule has 1 aromatic carbocycles. The zero-order valence-electron chi connectivity index (χ0n) is 12.4. The Morgan fingerprint density at radius 2 is 2.00 bits per heavy atom. The third-order valence-electron chi connectivity index (χ3n) is 3.19. The van der Waals surface area contributed by atoms with Crippen molar-refractivity contribution in [1.29, 1.82) is 0 Å². The molecule has 0 aliphatic heterocycles. The molecule has 23 heavy (non-hydrogen) atoms. The number of anilines is 1. The van der Waals surface area contributed by atoms with Crippen molar-refractivity contribution in [3.8, 4) is 11.3 Å². The van der Waals surface area contributed by atoms with Crippen LogP contribution in [0, 0.1) is 6.92 Å². The molecule has 0 fully saturated rings. The van der Waals surface area contributed by atoms with E-state index in [1.807, 2.05) is 31.2 Å². The number of carbonyl (C=O) groups is 1. The Kier molecular flexibility index (Phi) is 4.39. The van der Waals surface area contributed by atoms with Crippen molar-refractivity contribution in [3.05, 3.63) is 64.9 Å². The van der Waals surface area contributed by atoms with Crippen molar-refractivity contribution in [2.75, 3.05) is 5.32 Å². The number of hydrogen-bond acceptors (Lipinski definition) is 4. The summed E-state index contributed by atoms with van der Waals surface area (Å²) in [6.45, 7) is 1.87. The van der Waals surface area contributed by atoms with Crippen LogP contribution in [-0.4, -0.2) is 16.0 Å². The van der Waals surface area contributed by atoms with E-state index in [-0.39, 0.29) is 12.3 Å². The van der Waals surface area contributed by atoms with Gasteiger partial charge >= 0.3 is 0 Å². The van der Waals surface area contributed by atoms with E-state index in [4.69, 9.17) is 16.1 Å². The number of benzene rings is 1. The van der Waals surface area contributed by atoms with E-state index < -0.39 is 0 Å². The highest BCUT2D eigenvalue weighted by Gasteiger charge is 2.11. The van der Waals surface area contributed by atoms with Crippen LogP contribution in [0.2, 0.25) is 5.02 Å². The summed E-state index contributed by atoms with van der Waals surface area (Å²) in [5, 5.41) is 7.31. The standard InChI is InChI=1S/C17H14ClN3O2/c1-11-3-2-4-16(19-11)20-17(22)10-14-9-15(23-21-14)12-5-7-13(18)8-6-12/h2-9H,10H2,1H3,(H,19,20,22). The number of nitrogens with one attached hydrogen (secondary N) is 1. The maximum Gasteiger partial charge on any atom is 0.231 e. The van der Waals surface area contributed by atoms with Gasteiger partial charge in [-0.3, -0.25) is 4.79 Å². The first-order valence-electron chi connectivity index (χ1n) is 7.05. The molecular formula is C17H14ClN3O2. The molecule has 0 unspecified atom stereocenters. The third kappa shape index (κ3) is 3.96. The van der Waals surface area contributed by atoms with E-state index in [1.54, 1.807) is 24.3 Å². The fourth-order valence-corrected chi connectivity index (χ4v) is 2.24. The summed E-state index contributed by atoms with van der Waals surface area (Å²) < 4.78 is 5.27. The van der Waals surface area contributed by atoms with Crippen LogP contribution < -0.4 is 5.32 Å². The monoisotopic (exact) mass is 327 g/mol. The second kappa shape index (κ2) is 6.62. The molecule has 2 heterocycles.